The van der Waals surface area contributed by atoms with Crippen LogP contribution in [0, 0.1) is 5.82 Å². The Morgan fingerprint density at radius 2 is 2.05 bits per heavy atom. The molecule has 2 N–H and O–H groups in total. The molecule has 0 aliphatic heterocycles. The molecule has 5 heteroatoms. The molecular weight excluding hydrogens is 261 g/mol. The van der Waals surface area contributed by atoms with Gasteiger partial charge in [0.15, 0.2) is 11.6 Å². The Labute approximate surface area is 115 Å². The van der Waals surface area contributed by atoms with Crippen LogP contribution in [0.2, 0.25) is 0 Å². The maximum absolute atomic E-state index is 13.3. The minimum Gasteiger partial charge on any atom is -0.494 e. The average molecular weight is 275 g/mol. The lowest BCUT2D eigenvalue weighted by Gasteiger charge is -2.10. The first kappa shape index (κ1) is 13.9. The van der Waals surface area contributed by atoms with Crippen LogP contribution in [0.5, 0.6) is 5.75 Å². The summed E-state index contributed by atoms with van der Waals surface area (Å²) in [6.45, 7) is 0.331. The van der Waals surface area contributed by atoms with E-state index in [1.165, 1.54) is 19.2 Å². The van der Waals surface area contributed by atoms with E-state index in [4.69, 9.17) is 9.84 Å². The third kappa shape index (κ3) is 3.06. The van der Waals surface area contributed by atoms with Gasteiger partial charge in [-0.25, -0.2) is 9.18 Å². The number of ether oxygens (including phenoxy) is 1. The standard InChI is InChI=1S/C15H14FNO3/c1-20-14-8-11(6-7-13(14)16)17-9-10-4-2-3-5-12(10)15(18)19/h2-8,17H,9H2,1H3,(H,18,19). The first-order valence-corrected chi connectivity index (χ1v) is 6.00. The highest BCUT2D eigenvalue weighted by atomic mass is 19.1. The van der Waals surface area contributed by atoms with Gasteiger partial charge >= 0.3 is 5.97 Å². The van der Waals surface area contributed by atoms with Crippen LogP contribution in [0.3, 0.4) is 0 Å². The van der Waals surface area contributed by atoms with Crippen molar-refractivity contribution in [3.63, 3.8) is 0 Å². The number of hydrogen-bond acceptors (Lipinski definition) is 3. The van der Waals surface area contributed by atoms with Crippen molar-refractivity contribution in [1.29, 1.82) is 0 Å². The Hall–Kier alpha value is -2.56. The monoisotopic (exact) mass is 275 g/mol. The molecule has 0 saturated heterocycles. The maximum Gasteiger partial charge on any atom is 0.336 e. The van der Waals surface area contributed by atoms with Crippen LogP contribution < -0.4 is 10.1 Å². The van der Waals surface area contributed by atoms with Crippen molar-refractivity contribution in [2.75, 3.05) is 12.4 Å². The second kappa shape index (κ2) is 6.06. The van der Waals surface area contributed by atoms with Crippen LogP contribution in [0.25, 0.3) is 0 Å². The normalized spacial score (nSPS) is 10.1. The number of carbonyl (C=O) groups is 1. The van der Waals surface area contributed by atoms with Crippen LogP contribution in [-0.4, -0.2) is 18.2 Å². The fourth-order valence-corrected chi connectivity index (χ4v) is 1.85. The maximum atomic E-state index is 13.3. The molecule has 0 aromatic heterocycles. The Morgan fingerprint density at radius 3 is 2.75 bits per heavy atom. The molecule has 0 heterocycles. The zero-order valence-corrected chi connectivity index (χ0v) is 10.9. The van der Waals surface area contributed by atoms with Gasteiger partial charge in [-0.3, -0.25) is 0 Å². The van der Waals surface area contributed by atoms with Crippen molar-refractivity contribution in [2.24, 2.45) is 0 Å². The van der Waals surface area contributed by atoms with Gasteiger partial charge in [0.1, 0.15) is 0 Å². The lowest BCUT2D eigenvalue weighted by molar-refractivity contribution is 0.0696. The summed E-state index contributed by atoms with van der Waals surface area (Å²) in [4.78, 5) is 11.1. The molecule has 2 rings (SSSR count). The molecule has 0 saturated carbocycles. The molecule has 0 spiro atoms. The van der Waals surface area contributed by atoms with Crippen molar-refractivity contribution in [3.8, 4) is 5.75 Å². The predicted octanol–water partition coefficient (Wildman–Crippen LogP) is 3.14. The minimum absolute atomic E-state index is 0.140. The van der Waals surface area contributed by atoms with Crippen LogP contribution in [-0.2, 0) is 6.54 Å². The Bertz CT molecular complexity index is 628. The van der Waals surface area contributed by atoms with E-state index in [2.05, 4.69) is 5.32 Å². The number of aromatic carboxylic acids is 1. The summed E-state index contributed by atoms with van der Waals surface area (Å²) in [5.74, 6) is -1.27. The van der Waals surface area contributed by atoms with Crippen LogP contribution in [0.1, 0.15) is 15.9 Å². The number of nitrogens with one attached hydrogen (secondary N) is 1. The molecule has 0 atom stereocenters. The molecule has 0 unspecified atom stereocenters. The molecule has 2 aromatic carbocycles. The van der Waals surface area contributed by atoms with E-state index in [-0.39, 0.29) is 11.3 Å². The van der Waals surface area contributed by atoms with E-state index in [1.807, 2.05) is 0 Å². The van der Waals surface area contributed by atoms with E-state index in [0.717, 1.165) is 0 Å². The lowest BCUT2D eigenvalue weighted by Crippen LogP contribution is -2.07. The molecule has 0 aliphatic rings. The second-order valence-electron chi connectivity index (χ2n) is 4.17. The van der Waals surface area contributed by atoms with Crippen molar-refractivity contribution in [3.05, 3.63) is 59.4 Å². The summed E-state index contributed by atoms with van der Waals surface area (Å²) in [5, 5.41) is 12.1. The Morgan fingerprint density at radius 1 is 1.30 bits per heavy atom. The molecule has 0 aliphatic carbocycles. The van der Waals surface area contributed by atoms with Crippen molar-refractivity contribution in [2.45, 2.75) is 6.54 Å². The van der Waals surface area contributed by atoms with Gasteiger partial charge in [-0.1, -0.05) is 18.2 Å². The summed E-state index contributed by atoms with van der Waals surface area (Å²) >= 11 is 0. The topological polar surface area (TPSA) is 58.6 Å². The third-order valence-electron chi connectivity index (χ3n) is 2.88. The number of rotatable bonds is 5. The number of halogens is 1. The molecule has 20 heavy (non-hydrogen) atoms. The van der Waals surface area contributed by atoms with Crippen molar-refractivity contribution >= 4 is 11.7 Å². The largest absolute Gasteiger partial charge is 0.494 e. The summed E-state index contributed by atoms with van der Waals surface area (Å²) in [6, 6.07) is 11.1. The second-order valence-corrected chi connectivity index (χ2v) is 4.17. The van der Waals surface area contributed by atoms with Gasteiger partial charge in [0.05, 0.1) is 12.7 Å². The molecule has 0 amide bonds. The quantitative estimate of drug-likeness (QED) is 0.880. The lowest BCUT2D eigenvalue weighted by atomic mass is 10.1. The highest BCUT2D eigenvalue weighted by Crippen LogP contribution is 2.22. The molecule has 0 fully saturated rings. The summed E-state index contributed by atoms with van der Waals surface area (Å²) in [5.41, 5.74) is 1.56. The van der Waals surface area contributed by atoms with E-state index in [0.29, 0.717) is 17.8 Å². The van der Waals surface area contributed by atoms with Gasteiger partial charge < -0.3 is 15.2 Å². The highest BCUT2D eigenvalue weighted by Gasteiger charge is 2.09. The molecule has 2 aromatic rings. The summed E-state index contributed by atoms with van der Waals surface area (Å²) < 4.78 is 18.2. The van der Waals surface area contributed by atoms with E-state index in [1.54, 1.807) is 30.3 Å². The number of methoxy groups -OCH3 is 1. The fraction of sp³-hybridized carbons (Fsp3) is 0.133. The van der Waals surface area contributed by atoms with Gasteiger partial charge in [0.25, 0.3) is 0 Å². The summed E-state index contributed by atoms with van der Waals surface area (Å²) in [7, 11) is 1.39. The predicted molar refractivity (Wildman–Crippen MR) is 73.7 cm³/mol. The molecule has 4 nitrogen and oxygen atoms in total. The van der Waals surface area contributed by atoms with E-state index < -0.39 is 11.8 Å². The number of anilines is 1. The molecular formula is C15H14FNO3. The SMILES string of the molecule is COc1cc(NCc2ccccc2C(=O)O)ccc1F. The van der Waals surface area contributed by atoms with E-state index >= 15 is 0 Å². The van der Waals surface area contributed by atoms with Gasteiger partial charge in [-0.05, 0) is 23.8 Å². The van der Waals surface area contributed by atoms with E-state index in [9.17, 15) is 9.18 Å². The molecule has 0 radical (unpaired) electrons. The zero-order chi connectivity index (χ0) is 14.5. The van der Waals surface area contributed by atoms with Crippen LogP contribution in [0.15, 0.2) is 42.5 Å². The molecule has 104 valence electrons. The number of hydrogen-bond donors (Lipinski definition) is 2. The third-order valence-corrected chi connectivity index (χ3v) is 2.88. The number of carboxylic acids is 1. The first-order chi connectivity index (χ1) is 9.61. The smallest absolute Gasteiger partial charge is 0.336 e. The van der Waals surface area contributed by atoms with Gasteiger partial charge in [0, 0.05) is 18.3 Å². The fourth-order valence-electron chi connectivity index (χ4n) is 1.85. The van der Waals surface area contributed by atoms with Crippen molar-refractivity contribution in [1.82, 2.24) is 0 Å². The van der Waals surface area contributed by atoms with Crippen molar-refractivity contribution < 1.29 is 19.0 Å². The Balaban J connectivity index is 2.15. The Kier molecular flexibility index (Phi) is 4.20. The highest BCUT2D eigenvalue weighted by molar-refractivity contribution is 5.89. The average Bonchev–Trinajstić information content (AvgIpc) is 2.46. The van der Waals surface area contributed by atoms with Gasteiger partial charge in [-0.15, -0.1) is 0 Å². The molecule has 0 bridgehead atoms. The first-order valence-electron chi connectivity index (χ1n) is 6.00. The van der Waals surface area contributed by atoms with Crippen LogP contribution in [0.4, 0.5) is 10.1 Å². The van der Waals surface area contributed by atoms with Crippen LogP contribution >= 0.6 is 0 Å². The van der Waals surface area contributed by atoms with Gasteiger partial charge in [0.2, 0.25) is 0 Å². The summed E-state index contributed by atoms with van der Waals surface area (Å²) in [6.07, 6.45) is 0. The number of benzene rings is 2. The zero-order valence-electron chi connectivity index (χ0n) is 10.9. The van der Waals surface area contributed by atoms with Gasteiger partial charge in [-0.2, -0.15) is 0 Å². The number of carboxylic acid groups (broad SMARTS) is 1. The minimum atomic E-state index is -0.973.